The molecule has 0 amide bonds. The van der Waals surface area contributed by atoms with Gasteiger partial charge in [0.25, 0.3) is 5.56 Å². The van der Waals surface area contributed by atoms with Gasteiger partial charge in [-0.25, -0.2) is 8.78 Å². The topological polar surface area (TPSA) is 75.0 Å². The normalized spacial score (nSPS) is 12.0. The van der Waals surface area contributed by atoms with Gasteiger partial charge in [0, 0.05) is 23.3 Å². The average Bonchev–Trinajstić information content (AvgIpc) is 2.79. The third-order valence-electron chi connectivity index (χ3n) is 5.07. The first-order valence-electron chi connectivity index (χ1n) is 9.78. The maximum absolute atomic E-state index is 13.6. The van der Waals surface area contributed by atoms with Crippen LogP contribution in [0.15, 0.2) is 77.7 Å². The Bertz CT molecular complexity index is 1390. The van der Waals surface area contributed by atoms with Crippen LogP contribution in [0.25, 0.3) is 16.8 Å². The largest absolute Gasteiger partial charge is 0.772 e. The lowest BCUT2D eigenvalue weighted by atomic mass is 9.97. The van der Waals surface area contributed by atoms with Crippen LogP contribution in [0.5, 0.6) is 0 Å². The van der Waals surface area contributed by atoms with Crippen LogP contribution in [-0.2, 0) is 23.3 Å². The van der Waals surface area contributed by atoms with Crippen LogP contribution < -0.4 is 5.56 Å². The molecule has 0 saturated carbocycles. The molecular formula is C24H16ClF2N2O3S-. The Kier molecular flexibility index (Phi) is 6.78. The molecule has 0 spiro atoms. The molecule has 4 rings (SSSR count). The zero-order valence-corrected chi connectivity index (χ0v) is 18.6. The minimum atomic E-state index is -2.22. The van der Waals surface area contributed by atoms with Crippen molar-refractivity contribution >= 4 is 22.7 Å². The van der Waals surface area contributed by atoms with Crippen molar-refractivity contribution in [1.29, 1.82) is 0 Å². The SMILES string of the molecule is O=c1c(Cc2ccc(F)cc2)c(-c2ccc(CS(=O)[O-])cc2)cnn1-c1ccc(F)c(Cl)c1. The third kappa shape index (κ3) is 5.24. The smallest absolute Gasteiger partial charge is 0.275 e. The van der Waals surface area contributed by atoms with E-state index in [1.165, 1.54) is 30.5 Å². The highest BCUT2D eigenvalue weighted by molar-refractivity contribution is 7.78. The van der Waals surface area contributed by atoms with Crippen LogP contribution in [-0.4, -0.2) is 18.5 Å². The predicted molar refractivity (Wildman–Crippen MR) is 122 cm³/mol. The van der Waals surface area contributed by atoms with E-state index < -0.39 is 28.3 Å². The van der Waals surface area contributed by atoms with E-state index in [1.54, 1.807) is 36.4 Å². The van der Waals surface area contributed by atoms with Crippen LogP contribution >= 0.6 is 11.6 Å². The van der Waals surface area contributed by atoms with Crippen molar-refractivity contribution in [2.24, 2.45) is 0 Å². The maximum atomic E-state index is 13.6. The van der Waals surface area contributed by atoms with Gasteiger partial charge in [-0.2, -0.15) is 9.78 Å². The molecule has 1 aromatic heterocycles. The van der Waals surface area contributed by atoms with Crippen molar-refractivity contribution in [1.82, 2.24) is 9.78 Å². The third-order valence-corrected chi connectivity index (χ3v) is 5.93. The fraction of sp³-hybridized carbons (Fsp3) is 0.0833. The molecule has 0 bridgehead atoms. The molecule has 9 heteroatoms. The number of hydrogen-bond donors (Lipinski definition) is 0. The lowest BCUT2D eigenvalue weighted by molar-refractivity contribution is 0.536. The van der Waals surface area contributed by atoms with Crippen LogP contribution in [0.3, 0.4) is 0 Å². The van der Waals surface area contributed by atoms with Gasteiger partial charge in [-0.1, -0.05) is 59.1 Å². The van der Waals surface area contributed by atoms with Gasteiger partial charge in [-0.05, 0) is 47.0 Å². The number of aromatic nitrogens is 2. The quantitative estimate of drug-likeness (QED) is 0.368. The summed E-state index contributed by atoms with van der Waals surface area (Å²) in [5.74, 6) is -1.12. The van der Waals surface area contributed by atoms with Crippen molar-refractivity contribution in [3.63, 3.8) is 0 Å². The zero-order valence-electron chi connectivity index (χ0n) is 17.0. The molecule has 1 atom stereocenters. The van der Waals surface area contributed by atoms with Crippen LogP contribution in [0.4, 0.5) is 8.78 Å². The Labute approximate surface area is 195 Å². The Hall–Kier alpha value is -3.20. The minimum absolute atomic E-state index is 0.117. The number of rotatable bonds is 6. The second-order valence-corrected chi connectivity index (χ2v) is 8.60. The molecule has 168 valence electrons. The lowest BCUT2D eigenvalue weighted by Gasteiger charge is -2.14. The molecule has 5 nitrogen and oxygen atoms in total. The second kappa shape index (κ2) is 9.74. The van der Waals surface area contributed by atoms with Gasteiger partial charge in [0.1, 0.15) is 11.6 Å². The van der Waals surface area contributed by atoms with Gasteiger partial charge < -0.3 is 4.55 Å². The fourth-order valence-electron chi connectivity index (χ4n) is 3.43. The van der Waals surface area contributed by atoms with Gasteiger partial charge in [0.15, 0.2) is 0 Å². The summed E-state index contributed by atoms with van der Waals surface area (Å²) in [4.78, 5) is 13.5. The minimum Gasteiger partial charge on any atom is -0.772 e. The highest BCUT2D eigenvalue weighted by atomic mass is 35.5. The van der Waals surface area contributed by atoms with Gasteiger partial charge in [0.05, 0.1) is 16.9 Å². The van der Waals surface area contributed by atoms with Gasteiger partial charge in [-0.3, -0.25) is 9.00 Å². The summed E-state index contributed by atoms with van der Waals surface area (Å²) in [5, 5.41) is 4.11. The van der Waals surface area contributed by atoms with E-state index in [0.717, 1.165) is 10.7 Å². The molecule has 0 aliphatic rings. The molecular weight excluding hydrogens is 470 g/mol. The summed E-state index contributed by atoms with van der Waals surface area (Å²) in [5.41, 5.74) is 2.77. The molecule has 0 aliphatic carbocycles. The van der Waals surface area contributed by atoms with Crippen molar-refractivity contribution in [3.05, 3.63) is 117 Å². The molecule has 0 N–H and O–H groups in total. The van der Waals surface area contributed by atoms with Crippen LogP contribution in [0.1, 0.15) is 16.7 Å². The van der Waals surface area contributed by atoms with E-state index in [9.17, 15) is 22.3 Å². The van der Waals surface area contributed by atoms with E-state index in [1.807, 2.05) is 0 Å². The number of benzene rings is 3. The van der Waals surface area contributed by atoms with Gasteiger partial charge in [-0.15, -0.1) is 0 Å². The van der Waals surface area contributed by atoms with Crippen molar-refractivity contribution in [3.8, 4) is 16.8 Å². The van der Waals surface area contributed by atoms with Crippen LogP contribution in [0.2, 0.25) is 5.02 Å². The first kappa shape index (κ1) is 23.0. The summed E-state index contributed by atoms with van der Waals surface area (Å²) < 4.78 is 50.0. The Morgan fingerprint density at radius 2 is 1.64 bits per heavy atom. The summed E-state index contributed by atoms with van der Waals surface area (Å²) in [7, 11) is 0. The van der Waals surface area contributed by atoms with Crippen LogP contribution in [0, 0.1) is 11.6 Å². The van der Waals surface area contributed by atoms with Gasteiger partial charge in [0.2, 0.25) is 0 Å². The standard InChI is InChI=1S/C24H17ClF2N2O3S/c25-22-12-19(9-10-23(22)27)29-24(30)20(11-15-3-7-18(26)8-4-15)21(13-28-29)17-5-1-16(2-6-17)14-33(31)32/h1-10,12-13H,11,14H2,(H,31,32)/p-1. The number of nitrogens with zero attached hydrogens (tertiary/aromatic N) is 2. The molecule has 3 aromatic carbocycles. The molecule has 1 unspecified atom stereocenters. The highest BCUT2D eigenvalue weighted by Crippen LogP contribution is 2.25. The van der Waals surface area contributed by atoms with E-state index in [4.69, 9.17) is 11.6 Å². The summed E-state index contributed by atoms with van der Waals surface area (Å²) in [6.07, 6.45) is 1.70. The lowest BCUT2D eigenvalue weighted by Crippen LogP contribution is -2.26. The molecule has 0 radical (unpaired) electrons. The number of hydrogen-bond acceptors (Lipinski definition) is 4. The fourth-order valence-corrected chi connectivity index (χ4v) is 4.07. The Morgan fingerprint density at radius 1 is 0.970 bits per heavy atom. The zero-order chi connectivity index (χ0) is 23.5. The maximum Gasteiger partial charge on any atom is 0.275 e. The highest BCUT2D eigenvalue weighted by Gasteiger charge is 2.16. The molecule has 1 heterocycles. The van der Waals surface area contributed by atoms with E-state index in [0.29, 0.717) is 33.5 Å². The van der Waals surface area contributed by atoms with Gasteiger partial charge >= 0.3 is 0 Å². The summed E-state index contributed by atoms with van der Waals surface area (Å²) in [6, 6.07) is 16.4. The average molecular weight is 486 g/mol. The van der Waals surface area contributed by atoms with E-state index in [2.05, 4.69) is 5.10 Å². The first-order valence-corrected chi connectivity index (χ1v) is 11.4. The van der Waals surface area contributed by atoms with E-state index in [-0.39, 0.29) is 17.2 Å². The predicted octanol–water partition coefficient (Wildman–Crippen LogP) is 4.80. The monoisotopic (exact) mass is 485 g/mol. The van der Waals surface area contributed by atoms with E-state index >= 15 is 0 Å². The first-order chi connectivity index (χ1) is 15.8. The van der Waals surface area contributed by atoms with Crippen molar-refractivity contribution in [2.45, 2.75) is 12.2 Å². The Morgan fingerprint density at radius 3 is 2.27 bits per heavy atom. The molecule has 0 fully saturated rings. The molecule has 0 aliphatic heterocycles. The molecule has 0 saturated heterocycles. The summed E-state index contributed by atoms with van der Waals surface area (Å²) in [6.45, 7) is 0. The molecule has 4 aromatic rings. The second-order valence-electron chi connectivity index (χ2n) is 7.30. The van der Waals surface area contributed by atoms with Crippen molar-refractivity contribution in [2.75, 3.05) is 0 Å². The summed E-state index contributed by atoms with van der Waals surface area (Å²) >= 11 is 3.66. The Balaban J connectivity index is 1.84. The van der Waals surface area contributed by atoms with Crippen molar-refractivity contribution < 1.29 is 17.5 Å². The molecule has 33 heavy (non-hydrogen) atoms. The number of halogens is 3.